The zero-order chi connectivity index (χ0) is 18.1. The molecule has 0 aromatic heterocycles. The number of nitrogens with zero attached hydrogens (tertiary/aromatic N) is 1. The summed E-state index contributed by atoms with van der Waals surface area (Å²) in [5.41, 5.74) is 4.50. The van der Waals surface area contributed by atoms with E-state index in [2.05, 4.69) is 18.2 Å². The maximum atomic E-state index is 12.6. The zero-order valence-corrected chi connectivity index (χ0v) is 15.4. The number of rotatable bonds is 3. The van der Waals surface area contributed by atoms with Crippen LogP contribution in [0.15, 0.2) is 60.2 Å². The van der Waals surface area contributed by atoms with E-state index < -0.39 is 0 Å². The Morgan fingerprint density at radius 1 is 1.27 bits per heavy atom. The Morgan fingerprint density at radius 2 is 2.12 bits per heavy atom. The van der Waals surface area contributed by atoms with Gasteiger partial charge in [0.05, 0.1) is 6.04 Å². The summed E-state index contributed by atoms with van der Waals surface area (Å²) in [6.07, 6.45) is 7.49. The van der Waals surface area contributed by atoms with Crippen LogP contribution in [-0.4, -0.2) is 24.5 Å². The van der Waals surface area contributed by atoms with Gasteiger partial charge in [-0.25, -0.2) is 0 Å². The van der Waals surface area contributed by atoms with Crippen molar-refractivity contribution < 1.29 is 9.53 Å². The van der Waals surface area contributed by atoms with E-state index in [0.717, 1.165) is 29.7 Å². The van der Waals surface area contributed by atoms with Gasteiger partial charge in [0.15, 0.2) is 0 Å². The standard InChI is InChI=1S/C22H20ClNO2/c1-24(20-9-7-16-4-2-3-5-19(16)20)22(25)11-6-15-12-17-13-18(23)8-10-21(17)26-14-15/h2-6,8,10-13,20H,7,9,14H2,1H3/b11-6+. The molecule has 4 heteroatoms. The van der Waals surface area contributed by atoms with E-state index >= 15 is 0 Å². The molecule has 1 heterocycles. The van der Waals surface area contributed by atoms with Crippen LogP contribution in [0, 0.1) is 0 Å². The summed E-state index contributed by atoms with van der Waals surface area (Å²) < 4.78 is 5.73. The van der Waals surface area contributed by atoms with Crippen molar-refractivity contribution in [3.05, 3.63) is 81.9 Å². The molecule has 2 aromatic rings. The molecule has 1 aliphatic heterocycles. The molecular weight excluding hydrogens is 346 g/mol. The largest absolute Gasteiger partial charge is 0.488 e. The number of likely N-dealkylation sites (N-methyl/N-ethyl adjacent to an activating group) is 1. The Bertz CT molecular complexity index is 916. The lowest BCUT2D eigenvalue weighted by molar-refractivity contribution is -0.126. The summed E-state index contributed by atoms with van der Waals surface area (Å²) in [7, 11) is 1.88. The highest BCUT2D eigenvalue weighted by molar-refractivity contribution is 6.30. The molecule has 0 saturated carbocycles. The summed E-state index contributed by atoms with van der Waals surface area (Å²) in [4.78, 5) is 14.5. The van der Waals surface area contributed by atoms with Crippen LogP contribution in [0.3, 0.4) is 0 Å². The van der Waals surface area contributed by atoms with Crippen molar-refractivity contribution >= 4 is 23.6 Å². The second-order valence-electron chi connectivity index (χ2n) is 6.73. The Hall–Kier alpha value is -2.52. The molecule has 1 unspecified atom stereocenters. The van der Waals surface area contributed by atoms with Crippen molar-refractivity contribution in [3.8, 4) is 5.75 Å². The van der Waals surface area contributed by atoms with Gasteiger partial charge in [0.25, 0.3) is 0 Å². The Morgan fingerprint density at radius 3 is 3.00 bits per heavy atom. The minimum absolute atomic E-state index is 0.00416. The molecule has 1 atom stereocenters. The second kappa shape index (κ2) is 7.00. The average molecular weight is 366 g/mol. The third-order valence-corrected chi connectivity index (χ3v) is 5.30. The fraction of sp³-hybridized carbons (Fsp3) is 0.227. The van der Waals surface area contributed by atoms with Crippen molar-refractivity contribution in [2.75, 3.05) is 13.7 Å². The van der Waals surface area contributed by atoms with Crippen LogP contribution in [0.5, 0.6) is 5.75 Å². The Balaban J connectivity index is 1.48. The lowest BCUT2D eigenvalue weighted by Gasteiger charge is -2.24. The molecule has 132 valence electrons. The number of hydrogen-bond acceptors (Lipinski definition) is 2. The molecule has 0 spiro atoms. The number of amides is 1. The molecule has 0 radical (unpaired) electrons. The molecule has 4 rings (SSSR count). The highest BCUT2D eigenvalue weighted by Gasteiger charge is 2.27. The van der Waals surface area contributed by atoms with E-state index in [1.807, 2.05) is 48.4 Å². The van der Waals surface area contributed by atoms with Gasteiger partial charge < -0.3 is 9.64 Å². The van der Waals surface area contributed by atoms with Crippen LogP contribution >= 0.6 is 11.6 Å². The minimum Gasteiger partial charge on any atom is -0.488 e. The summed E-state index contributed by atoms with van der Waals surface area (Å²) in [6.45, 7) is 0.453. The van der Waals surface area contributed by atoms with Crippen LogP contribution in [-0.2, 0) is 11.2 Å². The van der Waals surface area contributed by atoms with Crippen LogP contribution in [0.25, 0.3) is 6.08 Å². The molecule has 3 nitrogen and oxygen atoms in total. The highest BCUT2D eigenvalue weighted by atomic mass is 35.5. The quantitative estimate of drug-likeness (QED) is 0.730. The van der Waals surface area contributed by atoms with Crippen molar-refractivity contribution in [1.82, 2.24) is 4.90 Å². The van der Waals surface area contributed by atoms with Gasteiger partial charge in [0.2, 0.25) is 5.91 Å². The summed E-state index contributed by atoms with van der Waals surface area (Å²) in [5, 5.41) is 0.671. The van der Waals surface area contributed by atoms with Crippen LogP contribution < -0.4 is 4.74 Å². The van der Waals surface area contributed by atoms with Gasteiger partial charge in [0.1, 0.15) is 12.4 Å². The fourth-order valence-electron chi connectivity index (χ4n) is 3.65. The normalized spacial score (nSPS) is 18.1. The lowest BCUT2D eigenvalue weighted by atomic mass is 10.1. The molecule has 0 fully saturated rings. The molecule has 26 heavy (non-hydrogen) atoms. The predicted molar refractivity (Wildman–Crippen MR) is 104 cm³/mol. The molecule has 0 bridgehead atoms. The van der Waals surface area contributed by atoms with E-state index in [1.165, 1.54) is 11.1 Å². The van der Waals surface area contributed by atoms with E-state index in [4.69, 9.17) is 16.3 Å². The van der Waals surface area contributed by atoms with Crippen LogP contribution in [0.4, 0.5) is 0 Å². The first-order valence-electron chi connectivity index (χ1n) is 8.77. The highest BCUT2D eigenvalue weighted by Crippen LogP contribution is 2.35. The third kappa shape index (κ3) is 3.27. The van der Waals surface area contributed by atoms with E-state index in [0.29, 0.717) is 11.6 Å². The molecule has 2 aliphatic rings. The Kier molecular flexibility index (Phi) is 4.56. The number of halogens is 1. The summed E-state index contributed by atoms with van der Waals surface area (Å²) >= 11 is 6.04. The number of ether oxygens (including phenoxy) is 1. The number of aryl methyl sites for hydroxylation is 1. The van der Waals surface area contributed by atoms with Crippen molar-refractivity contribution in [2.45, 2.75) is 18.9 Å². The van der Waals surface area contributed by atoms with Gasteiger partial charge in [-0.15, -0.1) is 0 Å². The Labute approximate surface area is 158 Å². The maximum absolute atomic E-state index is 12.6. The van der Waals surface area contributed by atoms with Crippen LogP contribution in [0.2, 0.25) is 5.02 Å². The molecule has 2 aromatic carbocycles. The van der Waals surface area contributed by atoms with E-state index in [-0.39, 0.29) is 11.9 Å². The predicted octanol–water partition coefficient (Wildman–Crippen LogP) is 4.82. The monoisotopic (exact) mass is 365 g/mol. The zero-order valence-electron chi connectivity index (χ0n) is 14.6. The first-order valence-corrected chi connectivity index (χ1v) is 9.15. The van der Waals surface area contributed by atoms with E-state index in [1.54, 1.807) is 6.08 Å². The van der Waals surface area contributed by atoms with Crippen molar-refractivity contribution in [2.24, 2.45) is 0 Å². The molecule has 0 saturated heterocycles. The topological polar surface area (TPSA) is 29.5 Å². The van der Waals surface area contributed by atoms with Gasteiger partial charge in [-0.1, -0.05) is 41.9 Å². The van der Waals surface area contributed by atoms with Gasteiger partial charge in [0, 0.05) is 23.7 Å². The minimum atomic E-state index is 0.00416. The van der Waals surface area contributed by atoms with Crippen molar-refractivity contribution in [3.63, 3.8) is 0 Å². The molecule has 1 aliphatic carbocycles. The molecule has 1 amide bonds. The number of hydrogen-bond donors (Lipinski definition) is 0. The summed E-state index contributed by atoms with van der Waals surface area (Å²) in [6, 6.07) is 14.1. The van der Waals surface area contributed by atoms with Gasteiger partial charge >= 0.3 is 0 Å². The van der Waals surface area contributed by atoms with Gasteiger partial charge in [-0.05, 0) is 53.8 Å². The molecule has 0 N–H and O–H groups in total. The van der Waals surface area contributed by atoms with Gasteiger partial charge in [-0.2, -0.15) is 0 Å². The average Bonchev–Trinajstić information content (AvgIpc) is 3.09. The van der Waals surface area contributed by atoms with Crippen molar-refractivity contribution in [1.29, 1.82) is 0 Å². The van der Waals surface area contributed by atoms with Gasteiger partial charge in [-0.3, -0.25) is 4.79 Å². The first kappa shape index (κ1) is 16.9. The number of carbonyl (C=O) groups is 1. The third-order valence-electron chi connectivity index (χ3n) is 5.06. The SMILES string of the molecule is CN(C(=O)/C=C/C1=Cc2cc(Cl)ccc2OC1)C1CCc2ccccc21. The maximum Gasteiger partial charge on any atom is 0.246 e. The second-order valence-corrected chi connectivity index (χ2v) is 7.16. The summed E-state index contributed by atoms with van der Waals surface area (Å²) in [5.74, 6) is 0.821. The number of carbonyl (C=O) groups excluding carboxylic acids is 1. The molecular formula is C22H20ClNO2. The lowest BCUT2D eigenvalue weighted by Crippen LogP contribution is -2.28. The number of benzene rings is 2. The first-order chi connectivity index (χ1) is 12.6. The smallest absolute Gasteiger partial charge is 0.246 e. The number of fused-ring (bicyclic) bond motifs is 2. The fourth-order valence-corrected chi connectivity index (χ4v) is 3.83. The van der Waals surface area contributed by atoms with E-state index in [9.17, 15) is 4.79 Å². The van der Waals surface area contributed by atoms with Crippen LogP contribution in [0.1, 0.15) is 29.2 Å².